The zero-order valence-corrected chi connectivity index (χ0v) is 7.47. The first-order chi connectivity index (χ1) is 5.36. The fraction of sp³-hybridized carbons (Fsp3) is 1.00. The number of rotatable bonds is 3. The molecule has 1 N–H and O–H groups in total. The Hall–Kier alpha value is -0.0400. The Balaban J connectivity index is 1.73. The SMILES string of the molecule is CC(CC1CC1)C1CCCN1. The Morgan fingerprint density at radius 1 is 1.36 bits per heavy atom. The van der Waals surface area contributed by atoms with Gasteiger partial charge in [0.15, 0.2) is 0 Å². The fourth-order valence-corrected chi connectivity index (χ4v) is 2.24. The van der Waals surface area contributed by atoms with Gasteiger partial charge in [0.05, 0.1) is 0 Å². The molecule has 1 nitrogen and oxygen atoms in total. The van der Waals surface area contributed by atoms with Crippen molar-refractivity contribution in [2.75, 3.05) is 6.54 Å². The highest BCUT2D eigenvalue weighted by Crippen LogP contribution is 2.36. The van der Waals surface area contributed by atoms with Crippen LogP contribution in [0.15, 0.2) is 0 Å². The molecule has 0 aromatic carbocycles. The van der Waals surface area contributed by atoms with E-state index in [9.17, 15) is 0 Å². The fourth-order valence-electron chi connectivity index (χ4n) is 2.24. The van der Waals surface area contributed by atoms with Crippen molar-refractivity contribution in [1.29, 1.82) is 0 Å². The van der Waals surface area contributed by atoms with Gasteiger partial charge in [-0.2, -0.15) is 0 Å². The van der Waals surface area contributed by atoms with E-state index in [-0.39, 0.29) is 0 Å². The van der Waals surface area contributed by atoms with E-state index >= 15 is 0 Å². The predicted octanol–water partition coefficient (Wildman–Crippen LogP) is 2.17. The zero-order chi connectivity index (χ0) is 7.68. The van der Waals surface area contributed by atoms with Crippen molar-refractivity contribution in [3.63, 3.8) is 0 Å². The molecule has 64 valence electrons. The molecule has 1 aliphatic heterocycles. The quantitative estimate of drug-likeness (QED) is 0.655. The van der Waals surface area contributed by atoms with Crippen LogP contribution in [-0.2, 0) is 0 Å². The van der Waals surface area contributed by atoms with E-state index in [0.29, 0.717) is 0 Å². The Morgan fingerprint density at radius 2 is 2.18 bits per heavy atom. The van der Waals surface area contributed by atoms with Crippen molar-refractivity contribution in [2.24, 2.45) is 11.8 Å². The summed E-state index contributed by atoms with van der Waals surface area (Å²) < 4.78 is 0. The minimum absolute atomic E-state index is 0.857. The second-order valence-corrected chi connectivity index (χ2v) is 4.36. The van der Waals surface area contributed by atoms with Crippen LogP contribution in [-0.4, -0.2) is 12.6 Å². The summed E-state index contributed by atoms with van der Waals surface area (Å²) in [5, 5.41) is 3.59. The standard InChI is InChI=1S/C10H19N/c1-8(7-9-4-5-9)10-3-2-6-11-10/h8-11H,2-7H2,1H3. The number of nitrogens with one attached hydrogen (secondary N) is 1. The largest absolute Gasteiger partial charge is 0.314 e. The Labute approximate surface area is 69.6 Å². The molecule has 0 aromatic rings. The Bertz CT molecular complexity index is 123. The van der Waals surface area contributed by atoms with Crippen molar-refractivity contribution < 1.29 is 0 Å². The van der Waals surface area contributed by atoms with Gasteiger partial charge in [0.1, 0.15) is 0 Å². The van der Waals surface area contributed by atoms with Crippen LogP contribution in [0.4, 0.5) is 0 Å². The Morgan fingerprint density at radius 3 is 2.73 bits per heavy atom. The van der Waals surface area contributed by atoms with E-state index in [1.54, 1.807) is 0 Å². The molecule has 1 heterocycles. The molecule has 0 spiro atoms. The molecule has 2 unspecified atom stereocenters. The molecule has 1 saturated heterocycles. The lowest BCUT2D eigenvalue weighted by atomic mass is 9.95. The van der Waals surface area contributed by atoms with E-state index < -0.39 is 0 Å². The van der Waals surface area contributed by atoms with Gasteiger partial charge in [-0.15, -0.1) is 0 Å². The summed E-state index contributed by atoms with van der Waals surface area (Å²) in [6.45, 7) is 3.68. The molecule has 0 bridgehead atoms. The monoisotopic (exact) mass is 153 g/mol. The third-order valence-electron chi connectivity index (χ3n) is 3.19. The van der Waals surface area contributed by atoms with Gasteiger partial charge in [-0.1, -0.05) is 19.8 Å². The summed E-state index contributed by atoms with van der Waals surface area (Å²) in [7, 11) is 0. The van der Waals surface area contributed by atoms with Crippen LogP contribution in [0.2, 0.25) is 0 Å². The van der Waals surface area contributed by atoms with Gasteiger partial charge >= 0.3 is 0 Å². The normalized spacial score (nSPS) is 34.1. The van der Waals surface area contributed by atoms with Crippen molar-refractivity contribution in [2.45, 2.75) is 45.1 Å². The summed E-state index contributed by atoms with van der Waals surface area (Å²) in [4.78, 5) is 0. The Kier molecular flexibility index (Phi) is 2.17. The summed E-state index contributed by atoms with van der Waals surface area (Å²) in [5.41, 5.74) is 0. The lowest BCUT2D eigenvalue weighted by Crippen LogP contribution is -2.28. The minimum Gasteiger partial charge on any atom is -0.314 e. The van der Waals surface area contributed by atoms with Gasteiger partial charge in [-0.3, -0.25) is 0 Å². The highest BCUT2D eigenvalue weighted by atomic mass is 14.9. The highest BCUT2D eigenvalue weighted by Gasteiger charge is 2.28. The maximum Gasteiger partial charge on any atom is 0.00932 e. The minimum atomic E-state index is 0.857. The van der Waals surface area contributed by atoms with Gasteiger partial charge in [-0.05, 0) is 37.6 Å². The summed E-state index contributed by atoms with van der Waals surface area (Å²) in [6, 6.07) is 0.857. The summed E-state index contributed by atoms with van der Waals surface area (Å²) in [5.74, 6) is 2.04. The smallest absolute Gasteiger partial charge is 0.00932 e. The number of hydrogen-bond donors (Lipinski definition) is 1. The predicted molar refractivity (Wildman–Crippen MR) is 47.5 cm³/mol. The summed E-state index contributed by atoms with van der Waals surface area (Å²) >= 11 is 0. The molecule has 0 radical (unpaired) electrons. The molecule has 1 heteroatoms. The lowest BCUT2D eigenvalue weighted by molar-refractivity contribution is 0.378. The van der Waals surface area contributed by atoms with Crippen LogP contribution >= 0.6 is 0 Å². The van der Waals surface area contributed by atoms with E-state index in [1.807, 2.05) is 0 Å². The highest BCUT2D eigenvalue weighted by molar-refractivity contribution is 4.84. The molecule has 11 heavy (non-hydrogen) atoms. The van der Waals surface area contributed by atoms with E-state index in [1.165, 1.54) is 38.6 Å². The average molecular weight is 153 g/mol. The van der Waals surface area contributed by atoms with Crippen LogP contribution in [0.25, 0.3) is 0 Å². The van der Waals surface area contributed by atoms with Gasteiger partial charge < -0.3 is 5.32 Å². The first-order valence-electron chi connectivity index (χ1n) is 5.09. The van der Waals surface area contributed by atoms with Crippen molar-refractivity contribution in [1.82, 2.24) is 5.32 Å². The van der Waals surface area contributed by atoms with Gasteiger partial charge in [0.25, 0.3) is 0 Å². The van der Waals surface area contributed by atoms with E-state index in [0.717, 1.165) is 17.9 Å². The molecule has 1 saturated carbocycles. The molecular weight excluding hydrogens is 134 g/mol. The second kappa shape index (κ2) is 3.14. The van der Waals surface area contributed by atoms with Crippen molar-refractivity contribution in [3.05, 3.63) is 0 Å². The number of hydrogen-bond acceptors (Lipinski definition) is 1. The molecule has 1 aliphatic carbocycles. The van der Waals surface area contributed by atoms with Crippen LogP contribution in [0.3, 0.4) is 0 Å². The molecule has 0 aromatic heterocycles. The zero-order valence-electron chi connectivity index (χ0n) is 7.47. The van der Waals surface area contributed by atoms with Crippen LogP contribution in [0.1, 0.15) is 39.0 Å². The first kappa shape index (κ1) is 7.60. The molecule has 0 amide bonds. The van der Waals surface area contributed by atoms with Crippen molar-refractivity contribution in [3.8, 4) is 0 Å². The van der Waals surface area contributed by atoms with E-state index in [4.69, 9.17) is 0 Å². The maximum absolute atomic E-state index is 3.59. The third kappa shape index (κ3) is 1.96. The van der Waals surface area contributed by atoms with E-state index in [2.05, 4.69) is 12.2 Å². The molecule has 2 aliphatic rings. The van der Waals surface area contributed by atoms with Crippen LogP contribution in [0.5, 0.6) is 0 Å². The molecule has 2 atom stereocenters. The van der Waals surface area contributed by atoms with Gasteiger partial charge in [0.2, 0.25) is 0 Å². The third-order valence-corrected chi connectivity index (χ3v) is 3.19. The second-order valence-electron chi connectivity index (χ2n) is 4.36. The molecule has 2 fully saturated rings. The molecular formula is C10H19N. The van der Waals surface area contributed by atoms with Gasteiger partial charge in [0, 0.05) is 6.04 Å². The summed E-state index contributed by atoms with van der Waals surface area (Å²) in [6.07, 6.45) is 7.33. The lowest BCUT2D eigenvalue weighted by Gasteiger charge is -2.18. The van der Waals surface area contributed by atoms with Crippen LogP contribution in [0, 0.1) is 11.8 Å². The topological polar surface area (TPSA) is 12.0 Å². The average Bonchev–Trinajstić information content (AvgIpc) is 2.67. The van der Waals surface area contributed by atoms with Crippen molar-refractivity contribution >= 4 is 0 Å². The maximum atomic E-state index is 3.59. The van der Waals surface area contributed by atoms with Crippen LogP contribution < -0.4 is 5.32 Å². The van der Waals surface area contributed by atoms with Gasteiger partial charge in [-0.25, -0.2) is 0 Å². The first-order valence-corrected chi connectivity index (χ1v) is 5.09. The molecule has 2 rings (SSSR count).